The SMILES string of the molecule is C#Cc1ccc2cc(CCCC(CCC)CNCc3cccnc3)ccc2c1C=O.[HH].[H]. The number of terminal acetylenes is 1. The highest BCUT2D eigenvalue weighted by Crippen LogP contribution is 2.24. The number of aryl methyl sites for hydroxylation is 1. The van der Waals surface area contributed by atoms with Gasteiger partial charge in [-0.1, -0.05) is 49.6 Å². The van der Waals surface area contributed by atoms with Crippen LogP contribution in [0.2, 0.25) is 0 Å². The number of aldehydes is 1. The number of nitrogens with one attached hydrogen (secondary N) is 1. The number of fused-ring (bicyclic) bond motifs is 1. The highest BCUT2D eigenvalue weighted by molar-refractivity contribution is 6.00. The molecule has 1 unspecified atom stereocenters. The molecule has 0 fully saturated rings. The summed E-state index contributed by atoms with van der Waals surface area (Å²) in [4.78, 5) is 15.6. The molecular formula is C27H33N2O. The van der Waals surface area contributed by atoms with Gasteiger partial charge in [0.25, 0.3) is 0 Å². The van der Waals surface area contributed by atoms with Gasteiger partial charge >= 0.3 is 0 Å². The van der Waals surface area contributed by atoms with Crippen molar-refractivity contribution in [3.63, 3.8) is 0 Å². The zero-order valence-electron chi connectivity index (χ0n) is 18.7. The first kappa shape index (κ1) is 21.7. The fraction of sp³-hybridized carbons (Fsp3) is 0.333. The van der Waals surface area contributed by atoms with Crippen LogP contribution in [0.25, 0.3) is 10.8 Å². The number of benzene rings is 2. The fourth-order valence-electron chi connectivity index (χ4n) is 4.09. The summed E-state index contributed by atoms with van der Waals surface area (Å²) < 4.78 is 0. The van der Waals surface area contributed by atoms with Crippen molar-refractivity contribution in [2.75, 3.05) is 6.54 Å². The van der Waals surface area contributed by atoms with Crippen molar-refractivity contribution in [3.8, 4) is 12.3 Å². The van der Waals surface area contributed by atoms with E-state index in [4.69, 9.17) is 6.42 Å². The van der Waals surface area contributed by atoms with Gasteiger partial charge < -0.3 is 5.32 Å². The van der Waals surface area contributed by atoms with E-state index in [1.54, 1.807) is 0 Å². The number of hydrogen-bond acceptors (Lipinski definition) is 3. The molecule has 1 radical (unpaired) electrons. The molecule has 0 aliphatic rings. The third-order valence-corrected chi connectivity index (χ3v) is 5.66. The number of aromatic nitrogens is 1. The van der Waals surface area contributed by atoms with Crippen LogP contribution in [0.15, 0.2) is 54.9 Å². The molecule has 0 aliphatic carbocycles. The molecule has 1 aromatic heterocycles. The molecule has 2 aromatic carbocycles. The lowest BCUT2D eigenvalue weighted by Crippen LogP contribution is -2.22. The monoisotopic (exact) mass is 401 g/mol. The molecular weight excluding hydrogens is 368 g/mol. The minimum absolute atomic E-state index is 0. The lowest BCUT2D eigenvalue weighted by Gasteiger charge is -2.17. The maximum absolute atomic E-state index is 11.5. The summed E-state index contributed by atoms with van der Waals surface area (Å²) in [5.41, 5.74) is 3.81. The van der Waals surface area contributed by atoms with Crippen LogP contribution in [-0.2, 0) is 13.0 Å². The first-order valence-corrected chi connectivity index (χ1v) is 10.8. The normalized spacial score (nSPS) is 11.9. The van der Waals surface area contributed by atoms with E-state index in [9.17, 15) is 4.79 Å². The van der Waals surface area contributed by atoms with Crippen LogP contribution in [0, 0.1) is 18.3 Å². The van der Waals surface area contributed by atoms with Gasteiger partial charge in [0.2, 0.25) is 0 Å². The van der Waals surface area contributed by atoms with Gasteiger partial charge in [0.15, 0.2) is 6.29 Å². The second kappa shape index (κ2) is 11.3. The zero-order chi connectivity index (χ0) is 21.2. The van der Waals surface area contributed by atoms with E-state index in [1.807, 2.05) is 36.7 Å². The highest BCUT2D eigenvalue weighted by Gasteiger charge is 2.09. The van der Waals surface area contributed by atoms with Gasteiger partial charge in [0, 0.05) is 32.9 Å². The largest absolute Gasteiger partial charge is 0.312 e. The predicted molar refractivity (Wildman–Crippen MR) is 128 cm³/mol. The summed E-state index contributed by atoms with van der Waals surface area (Å²) in [6, 6.07) is 14.3. The van der Waals surface area contributed by atoms with Crippen molar-refractivity contribution in [1.29, 1.82) is 0 Å². The van der Waals surface area contributed by atoms with Crippen molar-refractivity contribution < 1.29 is 7.65 Å². The molecule has 0 saturated carbocycles. The fourth-order valence-corrected chi connectivity index (χ4v) is 4.09. The Labute approximate surface area is 182 Å². The standard InChI is InChI=1S/C27H30N2O.H2.H/c1-3-7-22(17-29-19-23-10-6-15-28-18-23)9-5-8-21-11-14-26-25(16-21)13-12-24(4-2)27(26)20-30;;/h2,6,10-16,18,20,22,29H,3,5,7-9,17,19H2,1H3;1H;. The number of hydrogen-bond donors (Lipinski definition) is 1. The van der Waals surface area contributed by atoms with E-state index in [2.05, 4.69) is 41.3 Å². The zero-order valence-corrected chi connectivity index (χ0v) is 17.7. The first-order valence-electron chi connectivity index (χ1n) is 10.8. The summed E-state index contributed by atoms with van der Waals surface area (Å²) in [6.07, 6.45) is 16.0. The van der Waals surface area contributed by atoms with E-state index in [-0.39, 0.29) is 2.85 Å². The predicted octanol–water partition coefficient (Wildman–Crippen LogP) is 5.92. The van der Waals surface area contributed by atoms with E-state index < -0.39 is 0 Å². The minimum Gasteiger partial charge on any atom is -0.312 e. The smallest absolute Gasteiger partial charge is 0.151 e. The lowest BCUT2D eigenvalue weighted by atomic mass is 9.93. The van der Waals surface area contributed by atoms with Crippen molar-refractivity contribution >= 4 is 17.1 Å². The average molecular weight is 402 g/mol. The molecule has 0 amide bonds. The molecule has 1 heterocycles. The third kappa shape index (κ3) is 5.78. The summed E-state index contributed by atoms with van der Waals surface area (Å²) >= 11 is 0. The van der Waals surface area contributed by atoms with Gasteiger partial charge in [-0.25, -0.2) is 0 Å². The van der Waals surface area contributed by atoms with Crippen LogP contribution >= 0.6 is 0 Å². The Morgan fingerprint density at radius 2 is 2.13 bits per heavy atom. The van der Waals surface area contributed by atoms with Crippen LogP contribution < -0.4 is 5.32 Å². The molecule has 3 aromatic rings. The maximum Gasteiger partial charge on any atom is 0.151 e. The summed E-state index contributed by atoms with van der Waals surface area (Å²) in [7, 11) is 0. The van der Waals surface area contributed by atoms with Crippen LogP contribution in [0.4, 0.5) is 0 Å². The van der Waals surface area contributed by atoms with Gasteiger partial charge in [-0.05, 0) is 72.2 Å². The Bertz CT molecular complexity index is 1020. The summed E-state index contributed by atoms with van der Waals surface area (Å²) in [6.45, 7) is 4.17. The molecule has 3 heteroatoms. The Morgan fingerprint density at radius 1 is 1.23 bits per heavy atom. The number of carbonyl (C=O) groups excluding carboxylic acids is 1. The highest BCUT2D eigenvalue weighted by atomic mass is 16.1. The molecule has 1 atom stereocenters. The molecule has 0 spiro atoms. The summed E-state index contributed by atoms with van der Waals surface area (Å²) in [5, 5.41) is 5.61. The van der Waals surface area contributed by atoms with E-state index in [1.165, 1.54) is 30.4 Å². The maximum atomic E-state index is 11.5. The van der Waals surface area contributed by atoms with Crippen LogP contribution in [-0.4, -0.2) is 17.8 Å². The van der Waals surface area contributed by atoms with Gasteiger partial charge in [-0.15, -0.1) is 6.42 Å². The Kier molecular flexibility index (Phi) is 8.18. The molecule has 0 aliphatic heterocycles. The van der Waals surface area contributed by atoms with E-state index >= 15 is 0 Å². The van der Waals surface area contributed by atoms with Gasteiger partial charge in [0.1, 0.15) is 0 Å². The molecule has 1 N–H and O–H groups in total. The van der Waals surface area contributed by atoms with Crippen molar-refractivity contribution in [2.45, 2.75) is 45.6 Å². The molecule has 0 bridgehead atoms. The second-order valence-corrected chi connectivity index (χ2v) is 7.88. The number of pyridine rings is 1. The lowest BCUT2D eigenvalue weighted by molar-refractivity contribution is 0.112. The molecule has 0 saturated heterocycles. The van der Waals surface area contributed by atoms with Crippen LogP contribution in [0.1, 0.15) is 62.5 Å². The average Bonchev–Trinajstić information content (AvgIpc) is 2.78. The topological polar surface area (TPSA) is 42.0 Å². The quantitative estimate of drug-likeness (QED) is 0.320. The van der Waals surface area contributed by atoms with Gasteiger partial charge in [-0.2, -0.15) is 0 Å². The first-order chi connectivity index (χ1) is 14.7. The molecule has 3 rings (SSSR count). The number of rotatable bonds is 11. The Morgan fingerprint density at radius 3 is 2.87 bits per heavy atom. The second-order valence-electron chi connectivity index (χ2n) is 7.88. The minimum atomic E-state index is 0. The van der Waals surface area contributed by atoms with E-state index in [0.29, 0.717) is 17.0 Å². The van der Waals surface area contributed by atoms with Crippen molar-refractivity contribution in [3.05, 3.63) is 77.1 Å². The Hall–Kier alpha value is -2.96. The molecule has 157 valence electrons. The van der Waals surface area contributed by atoms with E-state index in [0.717, 1.165) is 43.0 Å². The number of carbonyl (C=O) groups is 1. The Balaban J connectivity index is 0.00000256. The third-order valence-electron chi connectivity index (χ3n) is 5.66. The van der Waals surface area contributed by atoms with Crippen LogP contribution in [0.5, 0.6) is 0 Å². The van der Waals surface area contributed by atoms with Crippen molar-refractivity contribution in [1.82, 2.24) is 10.3 Å². The van der Waals surface area contributed by atoms with Gasteiger partial charge in [0.05, 0.1) is 0 Å². The molecule has 3 nitrogen and oxygen atoms in total. The van der Waals surface area contributed by atoms with Gasteiger partial charge in [-0.3, -0.25) is 9.78 Å². The molecule has 30 heavy (non-hydrogen) atoms. The number of nitrogens with zero attached hydrogens (tertiary/aromatic N) is 1. The summed E-state index contributed by atoms with van der Waals surface area (Å²) in [5.74, 6) is 3.29. The van der Waals surface area contributed by atoms with Crippen molar-refractivity contribution in [2.24, 2.45) is 5.92 Å². The van der Waals surface area contributed by atoms with Crippen LogP contribution in [0.3, 0.4) is 0 Å².